The summed E-state index contributed by atoms with van der Waals surface area (Å²) < 4.78 is 20.9. The Morgan fingerprint density at radius 1 is 0.643 bits per heavy atom. The first kappa shape index (κ1) is 13.8. The molecule has 0 aliphatic heterocycles. The highest BCUT2D eigenvalue weighted by Crippen LogP contribution is 2.24. The fourth-order valence-corrected chi connectivity index (χ4v) is 1.58. The molecule has 0 heterocycles. The van der Waals surface area contributed by atoms with Gasteiger partial charge in [-0.25, -0.2) is 0 Å². The summed E-state index contributed by atoms with van der Waals surface area (Å²) >= 11 is 0. The van der Waals surface area contributed by atoms with Gasteiger partial charge in [0.05, 0.1) is 5.92 Å². The highest BCUT2D eigenvalue weighted by atomic mass is 16.7. The van der Waals surface area contributed by atoms with Crippen LogP contribution in [0.4, 0.5) is 0 Å². The zero-order valence-corrected chi connectivity index (χ0v) is 9.94. The standard InChI is InChI=1S/C10H22O4/c1-7(2)8(9(11-3)12-4)10(13-5)14-6/h7-10H,1-6H3. The molecule has 0 spiro atoms. The molecule has 0 aromatic carbocycles. The molecule has 4 nitrogen and oxygen atoms in total. The summed E-state index contributed by atoms with van der Waals surface area (Å²) in [6.45, 7) is 4.17. The molecule has 0 atom stereocenters. The van der Waals surface area contributed by atoms with Crippen LogP contribution in [0.2, 0.25) is 0 Å². The van der Waals surface area contributed by atoms with Crippen LogP contribution in [0.25, 0.3) is 0 Å². The summed E-state index contributed by atoms with van der Waals surface area (Å²) in [6, 6.07) is 0. The normalized spacial score (nSPS) is 12.4. The molecular weight excluding hydrogens is 184 g/mol. The Morgan fingerprint density at radius 3 is 1.07 bits per heavy atom. The van der Waals surface area contributed by atoms with Gasteiger partial charge < -0.3 is 18.9 Å². The molecule has 0 fully saturated rings. The van der Waals surface area contributed by atoms with E-state index < -0.39 is 0 Å². The van der Waals surface area contributed by atoms with E-state index in [2.05, 4.69) is 13.8 Å². The summed E-state index contributed by atoms with van der Waals surface area (Å²) in [5.41, 5.74) is 0. The number of rotatable bonds is 7. The van der Waals surface area contributed by atoms with E-state index in [-0.39, 0.29) is 18.5 Å². The van der Waals surface area contributed by atoms with Crippen LogP contribution in [0, 0.1) is 11.8 Å². The van der Waals surface area contributed by atoms with Crippen LogP contribution in [0.15, 0.2) is 0 Å². The van der Waals surface area contributed by atoms with Gasteiger partial charge in [-0.15, -0.1) is 0 Å². The van der Waals surface area contributed by atoms with E-state index in [1.165, 1.54) is 0 Å². The largest absolute Gasteiger partial charge is 0.355 e. The second-order valence-electron chi connectivity index (χ2n) is 3.50. The maximum absolute atomic E-state index is 5.23. The van der Waals surface area contributed by atoms with Crippen molar-refractivity contribution in [3.8, 4) is 0 Å². The molecule has 0 radical (unpaired) electrons. The quantitative estimate of drug-likeness (QED) is 0.591. The van der Waals surface area contributed by atoms with Crippen molar-refractivity contribution in [1.29, 1.82) is 0 Å². The summed E-state index contributed by atoms with van der Waals surface area (Å²) in [5, 5.41) is 0. The fourth-order valence-electron chi connectivity index (χ4n) is 1.58. The summed E-state index contributed by atoms with van der Waals surface area (Å²) in [5.74, 6) is 0.407. The van der Waals surface area contributed by atoms with Crippen LogP contribution in [-0.2, 0) is 18.9 Å². The maximum atomic E-state index is 5.23. The lowest BCUT2D eigenvalue weighted by Crippen LogP contribution is -2.40. The van der Waals surface area contributed by atoms with Gasteiger partial charge in [0.1, 0.15) is 0 Å². The van der Waals surface area contributed by atoms with Gasteiger partial charge in [0.15, 0.2) is 12.6 Å². The van der Waals surface area contributed by atoms with Gasteiger partial charge >= 0.3 is 0 Å². The van der Waals surface area contributed by atoms with Crippen molar-refractivity contribution >= 4 is 0 Å². The monoisotopic (exact) mass is 206 g/mol. The number of ether oxygens (including phenoxy) is 4. The molecule has 0 aliphatic rings. The number of methoxy groups -OCH3 is 4. The Hall–Kier alpha value is -0.160. The van der Waals surface area contributed by atoms with E-state index in [4.69, 9.17) is 18.9 Å². The number of hydrogen-bond donors (Lipinski definition) is 0. The molecule has 86 valence electrons. The number of hydrogen-bond acceptors (Lipinski definition) is 4. The predicted molar refractivity (Wildman–Crippen MR) is 53.9 cm³/mol. The fraction of sp³-hybridized carbons (Fsp3) is 1.00. The maximum Gasteiger partial charge on any atom is 0.164 e. The molecule has 0 aromatic rings. The first-order valence-electron chi connectivity index (χ1n) is 4.73. The molecule has 0 saturated carbocycles. The molecular formula is C10H22O4. The van der Waals surface area contributed by atoms with Crippen molar-refractivity contribution in [3.05, 3.63) is 0 Å². The molecule has 0 N–H and O–H groups in total. The third-order valence-electron chi connectivity index (χ3n) is 2.33. The smallest absolute Gasteiger partial charge is 0.164 e. The summed E-state index contributed by atoms with van der Waals surface area (Å²) in [4.78, 5) is 0. The van der Waals surface area contributed by atoms with Crippen molar-refractivity contribution in [2.24, 2.45) is 11.8 Å². The SMILES string of the molecule is COC(OC)C(C(C)C)C(OC)OC. The second-order valence-corrected chi connectivity index (χ2v) is 3.50. The predicted octanol–water partition coefficient (Wildman–Crippen LogP) is 1.50. The van der Waals surface area contributed by atoms with E-state index in [0.717, 1.165) is 0 Å². The molecule has 0 aliphatic carbocycles. The van der Waals surface area contributed by atoms with Crippen LogP contribution >= 0.6 is 0 Å². The highest BCUT2D eigenvalue weighted by Gasteiger charge is 2.32. The van der Waals surface area contributed by atoms with E-state index in [9.17, 15) is 0 Å². The average molecular weight is 206 g/mol. The third-order valence-corrected chi connectivity index (χ3v) is 2.33. The zero-order chi connectivity index (χ0) is 11.1. The van der Waals surface area contributed by atoms with Crippen molar-refractivity contribution in [2.75, 3.05) is 28.4 Å². The van der Waals surface area contributed by atoms with Crippen molar-refractivity contribution in [3.63, 3.8) is 0 Å². The lowest BCUT2D eigenvalue weighted by molar-refractivity contribution is -0.232. The Balaban J connectivity index is 4.54. The summed E-state index contributed by atoms with van der Waals surface area (Å²) in [7, 11) is 6.47. The van der Waals surface area contributed by atoms with Crippen LogP contribution in [0.3, 0.4) is 0 Å². The highest BCUT2D eigenvalue weighted by molar-refractivity contribution is 4.70. The lowest BCUT2D eigenvalue weighted by Gasteiger charge is -2.32. The topological polar surface area (TPSA) is 36.9 Å². The second kappa shape index (κ2) is 7.17. The van der Waals surface area contributed by atoms with Crippen molar-refractivity contribution < 1.29 is 18.9 Å². The first-order valence-corrected chi connectivity index (χ1v) is 4.73. The molecule has 0 amide bonds. The van der Waals surface area contributed by atoms with E-state index in [1.54, 1.807) is 28.4 Å². The molecule has 0 bridgehead atoms. The van der Waals surface area contributed by atoms with Crippen molar-refractivity contribution in [1.82, 2.24) is 0 Å². The van der Waals surface area contributed by atoms with Gasteiger partial charge in [-0.1, -0.05) is 13.8 Å². The minimum Gasteiger partial charge on any atom is -0.355 e. The molecule has 0 saturated heterocycles. The van der Waals surface area contributed by atoms with Gasteiger partial charge in [0.2, 0.25) is 0 Å². The molecule has 0 rings (SSSR count). The van der Waals surface area contributed by atoms with Crippen LogP contribution in [0.1, 0.15) is 13.8 Å². The summed E-state index contributed by atoms with van der Waals surface area (Å²) in [6.07, 6.45) is -0.611. The third kappa shape index (κ3) is 3.53. The minimum atomic E-state index is -0.306. The molecule has 0 unspecified atom stereocenters. The molecule has 14 heavy (non-hydrogen) atoms. The lowest BCUT2D eigenvalue weighted by atomic mass is 9.94. The van der Waals surface area contributed by atoms with Crippen molar-refractivity contribution in [2.45, 2.75) is 26.4 Å². The van der Waals surface area contributed by atoms with Gasteiger partial charge in [0.25, 0.3) is 0 Å². The van der Waals surface area contributed by atoms with Gasteiger partial charge in [-0.3, -0.25) is 0 Å². The van der Waals surface area contributed by atoms with E-state index >= 15 is 0 Å². The molecule has 4 heteroatoms. The van der Waals surface area contributed by atoms with E-state index in [0.29, 0.717) is 5.92 Å². The Kier molecular flexibility index (Phi) is 7.09. The zero-order valence-electron chi connectivity index (χ0n) is 9.94. The Morgan fingerprint density at radius 2 is 0.929 bits per heavy atom. The van der Waals surface area contributed by atoms with Gasteiger partial charge in [0, 0.05) is 28.4 Å². The minimum absolute atomic E-state index is 0.0556. The van der Waals surface area contributed by atoms with Crippen LogP contribution in [-0.4, -0.2) is 41.0 Å². The Bertz CT molecular complexity index is 118. The average Bonchev–Trinajstić information content (AvgIpc) is 2.18. The Labute approximate surface area is 86.5 Å². The van der Waals surface area contributed by atoms with Crippen LogP contribution in [0.5, 0.6) is 0 Å². The first-order chi connectivity index (χ1) is 6.62. The van der Waals surface area contributed by atoms with Crippen LogP contribution < -0.4 is 0 Å². The van der Waals surface area contributed by atoms with Gasteiger partial charge in [-0.2, -0.15) is 0 Å². The van der Waals surface area contributed by atoms with Gasteiger partial charge in [-0.05, 0) is 5.92 Å². The molecule has 0 aromatic heterocycles. The van der Waals surface area contributed by atoms with E-state index in [1.807, 2.05) is 0 Å².